The van der Waals surface area contributed by atoms with Crippen molar-refractivity contribution in [3.63, 3.8) is 0 Å². The van der Waals surface area contributed by atoms with Crippen LogP contribution in [0.4, 0.5) is 13.2 Å². The second-order valence-electron chi connectivity index (χ2n) is 7.87. The standard InChI is InChI=1S/C23H18F3N3O5S2/c24-23(25,26)34-15-5-7-16(8-6-15)36(31,32)29-13-11-28(12-14-29)22(30)19-10-9-18(33-19)21-27-17-3-1-2-4-20(17)35-21/h1-10H,11-14H2. The highest BCUT2D eigenvalue weighted by Gasteiger charge is 2.33. The van der Waals surface area contributed by atoms with Crippen LogP contribution >= 0.6 is 11.3 Å². The topological polar surface area (TPSA) is 93.0 Å². The molecule has 0 radical (unpaired) electrons. The predicted octanol–water partition coefficient (Wildman–Crippen LogP) is 4.60. The van der Waals surface area contributed by atoms with Gasteiger partial charge in [-0.15, -0.1) is 24.5 Å². The third kappa shape index (κ3) is 4.94. The van der Waals surface area contributed by atoms with Crippen molar-refractivity contribution in [3.8, 4) is 16.5 Å². The van der Waals surface area contributed by atoms with Crippen molar-refractivity contribution in [2.75, 3.05) is 26.2 Å². The Morgan fingerprint density at radius 2 is 1.67 bits per heavy atom. The summed E-state index contributed by atoms with van der Waals surface area (Å²) >= 11 is 1.45. The van der Waals surface area contributed by atoms with Crippen LogP contribution < -0.4 is 4.74 Å². The van der Waals surface area contributed by atoms with E-state index in [-0.39, 0.29) is 42.7 Å². The van der Waals surface area contributed by atoms with Crippen LogP contribution in [-0.2, 0) is 10.0 Å². The highest BCUT2D eigenvalue weighted by Crippen LogP contribution is 2.31. The van der Waals surface area contributed by atoms with E-state index in [4.69, 9.17) is 4.42 Å². The third-order valence-corrected chi connectivity index (χ3v) is 8.51. The molecule has 8 nitrogen and oxygen atoms in total. The Bertz CT molecular complexity index is 1470. The summed E-state index contributed by atoms with van der Waals surface area (Å²) in [6.07, 6.45) is -4.87. The van der Waals surface area contributed by atoms with E-state index in [0.717, 1.165) is 34.5 Å². The van der Waals surface area contributed by atoms with E-state index < -0.39 is 22.1 Å². The Morgan fingerprint density at radius 3 is 2.33 bits per heavy atom. The van der Waals surface area contributed by atoms with E-state index in [9.17, 15) is 26.4 Å². The maximum atomic E-state index is 12.9. The van der Waals surface area contributed by atoms with Gasteiger partial charge in [-0.05, 0) is 48.5 Å². The number of rotatable bonds is 5. The number of thiazole rings is 1. The minimum Gasteiger partial charge on any atom is -0.448 e. The molecule has 2 aromatic heterocycles. The summed E-state index contributed by atoms with van der Waals surface area (Å²) in [5, 5.41) is 0.651. The number of hydrogen-bond donors (Lipinski definition) is 0. The quantitative estimate of drug-likeness (QED) is 0.370. The molecular weight excluding hydrogens is 519 g/mol. The SMILES string of the molecule is O=C(c1ccc(-c2nc3ccccc3s2)o1)N1CCN(S(=O)(=O)c2ccc(OC(F)(F)F)cc2)CC1. The lowest BCUT2D eigenvalue weighted by Gasteiger charge is -2.33. The molecular formula is C23H18F3N3O5S2. The van der Waals surface area contributed by atoms with Crippen molar-refractivity contribution >= 4 is 37.5 Å². The van der Waals surface area contributed by atoms with Crippen LogP contribution in [0.15, 0.2) is 70.0 Å². The number of para-hydroxylation sites is 1. The summed E-state index contributed by atoms with van der Waals surface area (Å²) in [6.45, 7) is 0.315. The number of aromatic nitrogens is 1. The molecule has 0 N–H and O–H groups in total. The van der Waals surface area contributed by atoms with Crippen LogP contribution in [0.3, 0.4) is 0 Å². The Hall–Kier alpha value is -3.42. The number of nitrogens with zero attached hydrogens (tertiary/aromatic N) is 3. The maximum absolute atomic E-state index is 12.9. The van der Waals surface area contributed by atoms with Crippen LogP contribution in [0, 0.1) is 0 Å². The lowest BCUT2D eigenvalue weighted by atomic mass is 10.3. The van der Waals surface area contributed by atoms with Crippen LogP contribution in [0.5, 0.6) is 5.75 Å². The third-order valence-electron chi connectivity index (χ3n) is 5.54. The van der Waals surface area contributed by atoms with E-state index in [1.807, 2.05) is 24.3 Å². The van der Waals surface area contributed by atoms with Gasteiger partial charge in [0.2, 0.25) is 10.0 Å². The molecule has 0 bridgehead atoms. The van der Waals surface area contributed by atoms with Crippen LogP contribution in [0.2, 0.25) is 0 Å². The Labute approximate surface area is 207 Å². The van der Waals surface area contributed by atoms with E-state index in [1.165, 1.54) is 20.5 Å². The zero-order valence-electron chi connectivity index (χ0n) is 18.4. The number of amides is 1. The Morgan fingerprint density at radius 1 is 0.972 bits per heavy atom. The molecule has 1 fully saturated rings. The minimum atomic E-state index is -4.87. The van der Waals surface area contributed by atoms with Gasteiger partial charge < -0.3 is 14.1 Å². The van der Waals surface area contributed by atoms with Gasteiger partial charge in [0.15, 0.2) is 16.5 Å². The van der Waals surface area contributed by atoms with Crippen LogP contribution in [-0.4, -0.2) is 61.1 Å². The van der Waals surface area contributed by atoms with Crippen LogP contribution in [0.1, 0.15) is 10.6 Å². The van der Waals surface area contributed by atoms with Crippen LogP contribution in [0.25, 0.3) is 21.0 Å². The number of alkyl halides is 3. The second-order valence-corrected chi connectivity index (χ2v) is 10.8. The highest BCUT2D eigenvalue weighted by atomic mass is 32.2. The molecule has 1 aliphatic rings. The molecule has 5 rings (SSSR count). The molecule has 4 aromatic rings. The monoisotopic (exact) mass is 537 g/mol. The smallest absolute Gasteiger partial charge is 0.448 e. The molecule has 2 aromatic carbocycles. The van der Waals surface area contributed by atoms with Crippen molar-refractivity contribution < 1.29 is 35.5 Å². The molecule has 1 saturated heterocycles. The number of halogens is 3. The molecule has 1 aliphatic heterocycles. The number of ether oxygens (including phenoxy) is 1. The van der Waals surface area contributed by atoms with E-state index in [1.54, 1.807) is 12.1 Å². The van der Waals surface area contributed by atoms with Gasteiger partial charge in [0, 0.05) is 26.2 Å². The molecule has 0 aliphatic carbocycles. The summed E-state index contributed by atoms with van der Waals surface area (Å²) in [5.74, 6) is -0.284. The summed E-state index contributed by atoms with van der Waals surface area (Å²) in [5.41, 5.74) is 0.835. The lowest BCUT2D eigenvalue weighted by Crippen LogP contribution is -2.50. The molecule has 0 unspecified atom stereocenters. The Kier molecular flexibility index (Phi) is 6.22. The zero-order valence-corrected chi connectivity index (χ0v) is 20.1. The fourth-order valence-electron chi connectivity index (χ4n) is 3.80. The fraction of sp³-hybridized carbons (Fsp3) is 0.217. The Balaban J connectivity index is 1.23. The fourth-order valence-corrected chi connectivity index (χ4v) is 6.14. The maximum Gasteiger partial charge on any atom is 0.573 e. The number of hydrogen-bond acceptors (Lipinski definition) is 7. The largest absolute Gasteiger partial charge is 0.573 e. The average Bonchev–Trinajstić information content (AvgIpc) is 3.50. The van der Waals surface area contributed by atoms with E-state index in [0.29, 0.717) is 10.8 Å². The molecule has 3 heterocycles. The number of piperazine rings is 1. The average molecular weight is 538 g/mol. The molecule has 36 heavy (non-hydrogen) atoms. The molecule has 0 spiro atoms. The summed E-state index contributed by atoms with van der Waals surface area (Å²) in [4.78, 5) is 18.8. The van der Waals surface area contributed by atoms with Gasteiger partial charge in [-0.2, -0.15) is 4.31 Å². The first-order chi connectivity index (χ1) is 17.1. The number of furan rings is 1. The molecule has 0 atom stereocenters. The highest BCUT2D eigenvalue weighted by molar-refractivity contribution is 7.89. The minimum absolute atomic E-state index is 0.0281. The first-order valence-corrected chi connectivity index (χ1v) is 13.0. The van der Waals surface area contributed by atoms with Crippen molar-refractivity contribution in [2.45, 2.75) is 11.3 Å². The lowest BCUT2D eigenvalue weighted by molar-refractivity contribution is -0.274. The number of carbonyl (C=O) groups is 1. The van der Waals surface area contributed by atoms with Crippen molar-refractivity contribution in [2.24, 2.45) is 0 Å². The van der Waals surface area contributed by atoms with Crippen molar-refractivity contribution in [1.82, 2.24) is 14.2 Å². The van der Waals surface area contributed by atoms with Gasteiger partial charge in [0.05, 0.1) is 15.1 Å². The number of carbonyl (C=O) groups excluding carboxylic acids is 1. The van der Waals surface area contributed by atoms with Gasteiger partial charge in [-0.1, -0.05) is 12.1 Å². The molecule has 0 saturated carbocycles. The normalized spacial score (nSPS) is 15.4. The van der Waals surface area contributed by atoms with Crippen molar-refractivity contribution in [1.29, 1.82) is 0 Å². The predicted molar refractivity (Wildman–Crippen MR) is 125 cm³/mol. The van der Waals surface area contributed by atoms with E-state index >= 15 is 0 Å². The number of benzene rings is 2. The first kappa shape index (κ1) is 24.3. The van der Waals surface area contributed by atoms with Gasteiger partial charge in [0.1, 0.15) is 5.75 Å². The summed E-state index contributed by atoms with van der Waals surface area (Å²) in [6, 6.07) is 14.9. The molecule has 13 heteroatoms. The number of sulfonamides is 1. The van der Waals surface area contributed by atoms with Gasteiger partial charge in [-0.3, -0.25) is 4.79 Å². The second kappa shape index (κ2) is 9.22. The molecule has 1 amide bonds. The first-order valence-electron chi connectivity index (χ1n) is 10.7. The van der Waals surface area contributed by atoms with Gasteiger partial charge in [-0.25, -0.2) is 13.4 Å². The summed E-state index contributed by atoms with van der Waals surface area (Å²) < 4.78 is 74.5. The molecule has 188 valence electrons. The van der Waals surface area contributed by atoms with Crippen molar-refractivity contribution in [3.05, 3.63) is 66.4 Å². The van der Waals surface area contributed by atoms with E-state index in [2.05, 4.69) is 9.72 Å². The number of fused-ring (bicyclic) bond motifs is 1. The van der Waals surface area contributed by atoms with Gasteiger partial charge >= 0.3 is 6.36 Å². The van der Waals surface area contributed by atoms with Gasteiger partial charge in [0.25, 0.3) is 5.91 Å². The zero-order chi connectivity index (χ0) is 25.5. The summed E-state index contributed by atoms with van der Waals surface area (Å²) in [7, 11) is -3.95.